The zero-order valence-corrected chi connectivity index (χ0v) is 20.5. The Hall–Kier alpha value is -4.20. The summed E-state index contributed by atoms with van der Waals surface area (Å²) in [5, 5.41) is 2.40. The van der Waals surface area contributed by atoms with Crippen LogP contribution < -0.4 is 20.9 Å². The predicted molar refractivity (Wildman–Crippen MR) is 135 cm³/mol. The molecule has 10 nitrogen and oxygen atoms in total. The zero-order valence-electron chi connectivity index (χ0n) is 18.7. The van der Waals surface area contributed by atoms with Crippen LogP contribution in [0.4, 0.5) is 0 Å². The molecule has 180 valence electrons. The van der Waals surface area contributed by atoms with Gasteiger partial charge in [-0.15, -0.1) is 0 Å². The minimum atomic E-state index is -2.53. The van der Waals surface area contributed by atoms with E-state index in [1.165, 1.54) is 35.6 Å². The summed E-state index contributed by atoms with van der Waals surface area (Å²) >= 11 is 0. The number of H-pyrrole nitrogens is 2. The van der Waals surface area contributed by atoms with Gasteiger partial charge in [0.15, 0.2) is 0 Å². The molecule has 4 aromatic heterocycles. The van der Waals surface area contributed by atoms with Crippen molar-refractivity contribution >= 4 is 49.0 Å². The van der Waals surface area contributed by atoms with Crippen LogP contribution in [0.5, 0.6) is 0 Å². The van der Waals surface area contributed by atoms with E-state index in [0.29, 0.717) is 0 Å². The molecule has 6 aromatic rings. The summed E-state index contributed by atoms with van der Waals surface area (Å²) < 4.78 is 20.0. The fourth-order valence-electron chi connectivity index (χ4n) is 2.75. The van der Waals surface area contributed by atoms with E-state index in [2.05, 4.69) is 54.2 Å². The van der Waals surface area contributed by atoms with Crippen molar-refractivity contribution in [2.24, 2.45) is 0 Å². The first-order valence-corrected chi connectivity index (χ1v) is 12.8. The van der Waals surface area contributed by atoms with E-state index in [1.807, 2.05) is 60.9 Å². The molecule has 36 heavy (non-hydrogen) atoms. The molecule has 0 saturated heterocycles. The van der Waals surface area contributed by atoms with Gasteiger partial charge in [-0.25, -0.2) is 0 Å². The fourth-order valence-corrected chi connectivity index (χ4v) is 3.43. The van der Waals surface area contributed by atoms with E-state index in [0.717, 1.165) is 11.0 Å². The van der Waals surface area contributed by atoms with E-state index in [-0.39, 0.29) is 11.1 Å². The highest BCUT2D eigenvalue weighted by atomic mass is 31.1. The molecule has 0 radical (unpaired) electrons. The first-order chi connectivity index (χ1) is 17.5. The highest BCUT2D eigenvalue weighted by Gasteiger charge is 2.07. The maximum absolute atomic E-state index is 10.0. The molecule has 2 atom stereocenters. The van der Waals surface area contributed by atoms with Crippen molar-refractivity contribution in [1.29, 1.82) is 0 Å². The largest absolute Gasteiger partial charge is 0.588 e. The molecule has 0 aliphatic rings. The Balaban J connectivity index is 0.000000135. The molecule has 2 unspecified atom stereocenters. The van der Waals surface area contributed by atoms with Gasteiger partial charge in [0.25, 0.3) is 0 Å². The van der Waals surface area contributed by atoms with Crippen LogP contribution in [0.25, 0.3) is 21.8 Å². The zero-order chi connectivity index (χ0) is 25.6. The fraction of sp³-hybridized carbons (Fsp3) is 0. The molecule has 0 amide bonds. The summed E-state index contributed by atoms with van der Waals surface area (Å²) in [5.41, 5.74) is 2.15. The van der Waals surface area contributed by atoms with Crippen molar-refractivity contribution in [3.8, 4) is 0 Å². The van der Waals surface area contributed by atoms with Crippen molar-refractivity contribution < 1.29 is 18.9 Å². The lowest BCUT2D eigenvalue weighted by Crippen LogP contribution is -2.07. The van der Waals surface area contributed by atoms with Gasteiger partial charge in [-0.05, 0) is 24.3 Å². The van der Waals surface area contributed by atoms with E-state index < -0.39 is 16.1 Å². The SMILES string of the molecule is O=[P+]([O-])c1ncc[nH]1.O=[P+]([O-])c1ncc[nH]1.c1ccc2ncccc2c1.c1ccc2ncccc2c1. The second kappa shape index (κ2) is 14.3. The molecule has 2 N–H and O–H groups in total. The van der Waals surface area contributed by atoms with Gasteiger partial charge in [-0.1, -0.05) is 57.7 Å². The minimum absolute atomic E-state index is 0.0139. The summed E-state index contributed by atoms with van der Waals surface area (Å²) in [6.45, 7) is 0. The molecule has 0 fully saturated rings. The molecule has 4 heterocycles. The number of imidazole rings is 2. The lowest BCUT2D eigenvalue weighted by molar-refractivity contribution is -0.162. The Morgan fingerprint density at radius 3 is 1.22 bits per heavy atom. The van der Waals surface area contributed by atoms with Gasteiger partial charge in [0.2, 0.25) is 0 Å². The van der Waals surface area contributed by atoms with Crippen LogP contribution in [0.1, 0.15) is 0 Å². The number of hydrogen-bond donors (Lipinski definition) is 2. The van der Waals surface area contributed by atoms with Crippen LogP contribution in [0.15, 0.2) is 110 Å². The number of nitrogens with one attached hydrogen (secondary N) is 2. The third-order valence-corrected chi connectivity index (χ3v) is 5.52. The van der Waals surface area contributed by atoms with Gasteiger partial charge in [0.05, 0.1) is 11.0 Å². The second-order valence-corrected chi connectivity index (χ2v) is 8.61. The van der Waals surface area contributed by atoms with Crippen molar-refractivity contribution in [2.75, 3.05) is 0 Å². The maximum atomic E-state index is 10.0. The maximum Gasteiger partial charge on any atom is 0.389 e. The lowest BCUT2D eigenvalue weighted by atomic mass is 10.2. The number of fused-ring (bicyclic) bond motifs is 2. The first kappa shape index (κ1) is 26.4. The summed E-state index contributed by atoms with van der Waals surface area (Å²) in [4.78, 5) is 40.2. The van der Waals surface area contributed by atoms with E-state index in [9.17, 15) is 18.9 Å². The average molecular weight is 518 g/mol. The number of pyridine rings is 2. The van der Waals surface area contributed by atoms with E-state index >= 15 is 0 Å². The number of nitrogens with zero attached hydrogens (tertiary/aromatic N) is 4. The number of benzene rings is 2. The summed E-state index contributed by atoms with van der Waals surface area (Å²) in [5.74, 6) is 0. The van der Waals surface area contributed by atoms with Crippen LogP contribution in [-0.2, 0) is 9.13 Å². The van der Waals surface area contributed by atoms with Crippen molar-refractivity contribution in [3.63, 3.8) is 0 Å². The van der Waals surface area contributed by atoms with Gasteiger partial charge in [0.1, 0.15) is 0 Å². The Labute approximate surface area is 207 Å². The van der Waals surface area contributed by atoms with Gasteiger partial charge in [-0.2, -0.15) is 9.97 Å². The van der Waals surface area contributed by atoms with Gasteiger partial charge >= 0.3 is 27.2 Å². The number of hydrogen-bond acceptors (Lipinski definition) is 8. The molecule has 2 aromatic carbocycles. The molecular formula is C24H20N6O4P2. The summed E-state index contributed by atoms with van der Waals surface area (Å²) in [6, 6.07) is 24.2. The summed E-state index contributed by atoms with van der Waals surface area (Å²) in [7, 11) is -5.05. The molecule has 0 spiro atoms. The number of aromatic nitrogens is 6. The van der Waals surface area contributed by atoms with Crippen LogP contribution in [-0.4, -0.2) is 29.9 Å². The van der Waals surface area contributed by atoms with Gasteiger partial charge in [-0.3, -0.25) is 9.97 Å². The van der Waals surface area contributed by atoms with Crippen molar-refractivity contribution in [3.05, 3.63) is 110 Å². The molecule has 6 rings (SSSR count). The van der Waals surface area contributed by atoms with Gasteiger partial charge < -0.3 is 19.8 Å². The Kier molecular flexibility index (Phi) is 10.5. The molecule has 0 saturated carbocycles. The van der Waals surface area contributed by atoms with Crippen LogP contribution in [0, 0.1) is 0 Å². The molecular weight excluding hydrogens is 498 g/mol. The van der Waals surface area contributed by atoms with Gasteiger partial charge in [0, 0.05) is 48.0 Å². The Morgan fingerprint density at radius 1 is 0.528 bits per heavy atom. The highest BCUT2D eigenvalue weighted by molar-refractivity contribution is 7.45. The number of rotatable bonds is 2. The topological polar surface area (TPSA) is 163 Å². The lowest BCUT2D eigenvalue weighted by Gasteiger charge is -1.91. The highest BCUT2D eigenvalue weighted by Crippen LogP contribution is 2.08. The minimum Gasteiger partial charge on any atom is -0.588 e. The average Bonchev–Trinajstić information content (AvgIpc) is 3.65. The molecule has 12 heteroatoms. The third kappa shape index (κ3) is 8.54. The van der Waals surface area contributed by atoms with Crippen molar-refractivity contribution in [2.45, 2.75) is 0 Å². The number of para-hydroxylation sites is 2. The Bertz CT molecular complexity index is 1270. The van der Waals surface area contributed by atoms with Crippen LogP contribution in [0.3, 0.4) is 0 Å². The van der Waals surface area contributed by atoms with E-state index in [4.69, 9.17) is 0 Å². The van der Waals surface area contributed by atoms with Crippen LogP contribution >= 0.6 is 16.1 Å². The molecule has 0 aliphatic heterocycles. The normalized spacial score (nSPS) is 10.6. The van der Waals surface area contributed by atoms with E-state index in [1.54, 1.807) is 0 Å². The molecule has 0 aliphatic carbocycles. The Morgan fingerprint density at radius 2 is 0.917 bits per heavy atom. The first-order valence-electron chi connectivity index (χ1n) is 10.4. The van der Waals surface area contributed by atoms with Crippen molar-refractivity contribution in [1.82, 2.24) is 29.9 Å². The quantitative estimate of drug-likeness (QED) is 0.331. The second-order valence-electron chi connectivity index (χ2n) is 6.73. The molecule has 0 bridgehead atoms. The number of aromatic amines is 2. The predicted octanol–water partition coefficient (Wildman–Crippen LogP) is 2.75. The monoisotopic (exact) mass is 518 g/mol. The van der Waals surface area contributed by atoms with Crippen LogP contribution in [0.2, 0.25) is 0 Å². The standard InChI is InChI=1S/2C9H7N.2C3H3N2O2P/c2*1-2-6-9-8(4-1)5-3-7-10-9;2*6-8(7)3-4-1-2-5-3/h2*1-7H;2*1-2H,(H,4,5). The summed E-state index contributed by atoms with van der Waals surface area (Å²) in [6.07, 6.45) is 9.31. The smallest absolute Gasteiger partial charge is 0.389 e. The third-order valence-electron chi connectivity index (χ3n) is 4.34.